The number of hydrogen-bond acceptors (Lipinski definition) is 5. The molecule has 4 aromatic rings. The average molecular weight is 435 g/mol. The van der Waals surface area contributed by atoms with Gasteiger partial charge < -0.3 is 9.64 Å². The van der Waals surface area contributed by atoms with Crippen LogP contribution >= 0.6 is 12.2 Å². The number of ether oxygens (including phenoxy) is 1. The minimum Gasteiger partial charge on any atom is -0.497 e. The molecule has 0 aliphatic carbocycles. The Bertz CT molecular complexity index is 1230. The summed E-state index contributed by atoms with van der Waals surface area (Å²) in [6.45, 7) is 0.523. The van der Waals surface area contributed by atoms with E-state index in [9.17, 15) is 4.79 Å². The van der Waals surface area contributed by atoms with Gasteiger partial charge in [-0.2, -0.15) is 10.2 Å². The van der Waals surface area contributed by atoms with Crippen molar-refractivity contribution in [2.45, 2.75) is 13.1 Å². The van der Waals surface area contributed by atoms with Crippen LogP contribution in [0, 0.1) is 4.77 Å². The number of nitrogens with zero attached hydrogens (tertiary/aromatic N) is 5. The number of methoxy groups -OCH3 is 1. The summed E-state index contributed by atoms with van der Waals surface area (Å²) in [4.78, 5) is 14.5. The first kappa shape index (κ1) is 20.5. The molecule has 0 atom stereocenters. The maximum atomic E-state index is 12.9. The Morgan fingerprint density at radius 1 is 1.16 bits per heavy atom. The highest BCUT2D eigenvalue weighted by atomic mass is 32.1. The lowest BCUT2D eigenvalue weighted by Crippen LogP contribution is -2.30. The van der Waals surface area contributed by atoms with Gasteiger partial charge >= 0.3 is 0 Å². The molecule has 1 N–H and O–H groups in total. The SMILES string of the molecule is COc1ccc(-c2n[nH]c(=S)n2CC(=O)N(C)Cc2cnn(-c3ccccc3)c2)cc1. The number of benzene rings is 2. The molecule has 0 fully saturated rings. The van der Waals surface area contributed by atoms with E-state index in [1.54, 1.807) is 34.5 Å². The van der Waals surface area contributed by atoms with E-state index in [0.29, 0.717) is 17.1 Å². The van der Waals surface area contributed by atoms with Crippen molar-refractivity contribution in [2.75, 3.05) is 14.2 Å². The van der Waals surface area contributed by atoms with E-state index in [4.69, 9.17) is 17.0 Å². The van der Waals surface area contributed by atoms with Gasteiger partial charge in [0.2, 0.25) is 5.91 Å². The van der Waals surface area contributed by atoms with Gasteiger partial charge in [0, 0.05) is 30.9 Å². The predicted molar refractivity (Wildman–Crippen MR) is 119 cm³/mol. The lowest BCUT2D eigenvalue weighted by Gasteiger charge is -2.17. The third kappa shape index (κ3) is 4.56. The molecule has 158 valence electrons. The molecule has 2 aromatic carbocycles. The van der Waals surface area contributed by atoms with Crippen molar-refractivity contribution in [1.29, 1.82) is 0 Å². The standard InChI is InChI=1S/C22H22N6O2S/c1-26(13-16-12-23-28(14-16)18-6-4-3-5-7-18)20(29)15-27-21(24-25-22(27)31)17-8-10-19(30-2)11-9-17/h3-12,14H,13,15H2,1-2H3,(H,25,31). The first-order chi connectivity index (χ1) is 15.0. The van der Waals surface area contributed by atoms with Crippen molar-refractivity contribution in [1.82, 2.24) is 29.4 Å². The molecule has 31 heavy (non-hydrogen) atoms. The molecule has 8 nitrogen and oxygen atoms in total. The highest BCUT2D eigenvalue weighted by Gasteiger charge is 2.16. The number of H-pyrrole nitrogens is 1. The van der Waals surface area contributed by atoms with Crippen LogP contribution in [0.25, 0.3) is 17.1 Å². The second-order valence-corrected chi connectivity index (χ2v) is 7.43. The maximum absolute atomic E-state index is 12.9. The highest BCUT2D eigenvalue weighted by Crippen LogP contribution is 2.21. The summed E-state index contributed by atoms with van der Waals surface area (Å²) in [7, 11) is 3.38. The van der Waals surface area contributed by atoms with Gasteiger partial charge in [-0.05, 0) is 48.6 Å². The van der Waals surface area contributed by atoms with Gasteiger partial charge in [0.15, 0.2) is 10.6 Å². The predicted octanol–water partition coefficient (Wildman–Crippen LogP) is 3.46. The normalized spacial score (nSPS) is 10.8. The van der Waals surface area contributed by atoms with Crippen LogP contribution in [0.3, 0.4) is 0 Å². The maximum Gasteiger partial charge on any atom is 0.242 e. The van der Waals surface area contributed by atoms with Crippen molar-refractivity contribution in [2.24, 2.45) is 0 Å². The fourth-order valence-electron chi connectivity index (χ4n) is 3.21. The van der Waals surface area contributed by atoms with E-state index in [2.05, 4.69) is 15.3 Å². The Kier molecular flexibility index (Phi) is 5.94. The van der Waals surface area contributed by atoms with E-state index in [1.807, 2.05) is 60.8 Å². The lowest BCUT2D eigenvalue weighted by molar-refractivity contribution is -0.131. The molecule has 1 amide bonds. The van der Waals surface area contributed by atoms with E-state index >= 15 is 0 Å². The molecule has 0 radical (unpaired) electrons. The first-order valence-electron chi connectivity index (χ1n) is 9.67. The lowest BCUT2D eigenvalue weighted by atomic mass is 10.2. The molecule has 0 bridgehead atoms. The monoisotopic (exact) mass is 434 g/mol. The number of aromatic amines is 1. The van der Waals surface area contributed by atoms with Gasteiger partial charge in [-0.3, -0.25) is 14.5 Å². The molecule has 2 aromatic heterocycles. The van der Waals surface area contributed by atoms with Crippen molar-refractivity contribution in [3.05, 3.63) is 77.3 Å². The van der Waals surface area contributed by atoms with Gasteiger partial charge in [0.1, 0.15) is 12.3 Å². The molecule has 4 rings (SSSR count). The quantitative estimate of drug-likeness (QED) is 0.451. The zero-order valence-electron chi connectivity index (χ0n) is 17.2. The van der Waals surface area contributed by atoms with Gasteiger partial charge in [-0.1, -0.05) is 18.2 Å². The zero-order valence-corrected chi connectivity index (χ0v) is 18.0. The van der Waals surface area contributed by atoms with Crippen LogP contribution in [0.4, 0.5) is 0 Å². The molecule has 2 heterocycles. The van der Waals surface area contributed by atoms with Crippen LogP contribution in [0.2, 0.25) is 0 Å². The highest BCUT2D eigenvalue weighted by molar-refractivity contribution is 7.71. The summed E-state index contributed by atoms with van der Waals surface area (Å²) < 4.78 is 9.08. The fraction of sp³-hybridized carbons (Fsp3) is 0.182. The summed E-state index contributed by atoms with van der Waals surface area (Å²) in [5.41, 5.74) is 2.75. The molecule has 0 spiro atoms. The Morgan fingerprint density at radius 2 is 1.90 bits per heavy atom. The van der Waals surface area contributed by atoms with E-state index in [0.717, 1.165) is 22.6 Å². The fourth-order valence-corrected chi connectivity index (χ4v) is 3.40. The minimum atomic E-state index is -0.0836. The van der Waals surface area contributed by atoms with Crippen LogP contribution in [0.1, 0.15) is 5.56 Å². The number of hydrogen-bond donors (Lipinski definition) is 1. The summed E-state index contributed by atoms with van der Waals surface area (Å²) in [5.74, 6) is 1.27. The Morgan fingerprint density at radius 3 is 2.61 bits per heavy atom. The Hall–Kier alpha value is -3.72. The van der Waals surface area contributed by atoms with E-state index in [1.165, 1.54) is 0 Å². The first-order valence-corrected chi connectivity index (χ1v) is 10.1. The molecule has 0 saturated heterocycles. The number of rotatable bonds is 7. The van der Waals surface area contributed by atoms with Crippen molar-refractivity contribution >= 4 is 18.1 Å². The van der Waals surface area contributed by atoms with Crippen molar-refractivity contribution in [3.63, 3.8) is 0 Å². The van der Waals surface area contributed by atoms with Crippen LogP contribution in [-0.2, 0) is 17.9 Å². The molecule has 9 heteroatoms. The van der Waals surface area contributed by atoms with Gasteiger partial charge in [-0.15, -0.1) is 0 Å². The summed E-state index contributed by atoms with van der Waals surface area (Å²) in [6.07, 6.45) is 3.69. The second kappa shape index (κ2) is 8.97. The van der Waals surface area contributed by atoms with Crippen molar-refractivity contribution < 1.29 is 9.53 Å². The van der Waals surface area contributed by atoms with Crippen LogP contribution in [0.5, 0.6) is 5.75 Å². The topological polar surface area (TPSA) is 81.0 Å². The minimum absolute atomic E-state index is 0.0834. The van der Waals surface area contributed by atoms with Crippen LogP contribution in [0.15, 0.2) is 67.0 Å². The summed E-state index contributed by atoms with van der Waals surface area (Å²) in [6, 6.07) is 17.3. The molecule has 0 saturated carbocycles. The average Bonchev–Trinajstić information content (AvgIpc) is 3.41. The van der Waals surface area contributed by atoms with Gasteiger partial charge in [0.25, 0.3) is 0 Å². The molecular weight excluding hydrogens is 412 g/mol. The Balaban J connectivity index is 1.47. The third-order valence-electron chi connectivity index (χ3n) is 4.90. The van der Waals surface area contributed by atoms with Gasteiger partial charge in [0.05, 0.1) is 19.0 Å². The second-order valence-electron chi connectivity index (χ2n) is 7.05. The Labute approximate surface area is 184 Å². The van der Waals surface area contributed by atoms with Crippen LogP contribution in [-0.4, -0.2) is 49.5 Å². The number of aromatic nitrogens is 5. The largest absolute Gasteiger partial charge is 0.497 e. The molecule has 0 aliphatic heterocycles. The van der Waals surface area contributed by atoms with Crippen molar-refractivity contribution in [3.8, 4) is 22.8 Å². The number of para-hydroxylation sites is 1. The smallest absolute Gasteiger partial charge is 0.242 e. The number of likely N-dealkylation sites (N-methyl/N-ethyl adjacent to an activating group) is 1. The van der Waals surface area contributed by atoms with Gasteiger partial charge in [-0.25, -0.2) is 4.68 Å². The molecular formula is C22H22N6O2S. The summed E-state index contributed by atoms with van der Waals surface area (Å²) in [5, 5.41) is 11.5. The molecule has 0 aliphatic rings. The number of carbonyl (C=O) groups is 1. The third-order valence-corrected chi connectivity index (χ3v) is 5.21. The number of carbonyl (C=O) groups excluding carboxylic acids is 1. The zero-order chi connectivity index (χ0) is 21.8. The van der Waals surface area contributed by atoms with E-state index < -0.39 is 0 Å². The molecule has 0 unspecified atom stereocenters. The number of amides is 1. The number of nitrogens with one attached hydrogen (secondary N) is 1. The van der Waals surface area contributed by atoms with Crippen LogP contribution < -0.4 is 4.74 Å². The van der Waals surface area contributed by atoms with E-state index in [-0.39, 0.29) is 12.5 Å². The summed E-state index contributed by atoms with van der Waals surface area (Å²) >= 11 is 5.35.